The highest BCUT2D eigenvalue weighted by Gasteiger charge is 2.29. The normalized spacial score (nSPS) is 21.4. The van der Waals surface area contributed by atoms with Crippen LogP contribution in [0.4, 0.5) is 5.82 Å². The second-order valence-electron chi connectivity index (χ2n) is 7.28. The van der Waals surface area contributed by atoms with E-state index in [2.05, 4.69) is 20.1 Å². The van der Waals surface area contributed by atoms with Crippen molar-refractivity contribution in [1.29, 1.82) is 0 Å². The van der Waals surface area contributed by atoms with Crippen LogP contribution >= 0.6 is 11.8 Å². The van der Waals surface area contributed by atoms with Crippen molar-refractivity contribution < 1.29 is 17.6 Å². The predicted octanol–water partition coefficient (Wildman–Crippen LogP) is 0.883. The predicted molar refractivity (Wildman–Crippen MR) is 109 cm³/mol. The summed E-state index contributed by atoms with van der Waals surface area (Å²) in [6, 6.07) is 5.82. The summed E-state index contributed by atoms with van der Waals surface area (Å²) in [5.74, 6) is 2.10. The van der Waals surface area contributed by atoms with Gasteiger partial charge in [0.2, 0.25) is 11.8 Å². The fourth-order valence-corrected chi connectivity index (χ4v) is 6.14. The zero-order valence-electron chi connectivity index (χ0n) is 15.9. The Hall–Kier alpha value is -2.14. The largest absolute Gasteiger partial charge is 0.416 e. The molecule has 0 spiro atoms. The lowest BCUT2D eigenvalue weighted by molar-refractivity contribution is -0.128. The number of rotatable bonds is 6. The van der Waals surface area contributed by atoms with Gasteiger partial charge >= 0.3 is 0 Å². The zero-order valence-corrected chi connectivity index (χ0v) is 17.6. The molecule has 2 aliphatic heterocycles. The molecule has 0 aliphatic carbocycles. The standard InChI is InChI=1S/C18H23N5O4S2/c24-17(23-8-6-22(7-9-23)15-3-1-2-5-19-15)12-28-18-21-20-16(27-18)11-14-4-10-29(25,26)13-14/h1-3,5,14H,4,6-13H2/t14-/m0/s1. The fraction of sp³-hybridized carbons (Fsp3) is 0.556. The minimum Gasteiger partial charge on any atom is -0.416 e. The van der Waals surface area contributed by atoms with Gasteiger partial charge in [-0.1, -0.05) is 17.8 Å². The van der Waals surface area contributed by atoms with E-state index in [-0.39, 0.29) is 29.1 Å². The van der Waals surface area contributed by atoms with Gasteiger partial charge in [0, 0.05) is 38.8 Å². The summed E-state index contributed by atoms with van der Waals surface area (Å²) in [7, 11) is -2.92. The van der Waals surface area contributed by atoms with E-state index < -0.39 is 9.84 Å². The summed E-state index contributed by atoms with van der Waals surface area (Å²) < 4.78 is 28.7. The maximum absolute atomic E-state index is 12.5. The van der Waals surface area contributed by atoms with E-state index in [1.165, 1.54) is 11.8 Å². The number of nitrogens with zero attached hydrogens (tertiary/aromatic N) is 5. The Kier molecular flexibility index (Phi) is 6.04. The molecule has 2 aromatic heterocycles. The molecule has 0 radical (unpaired) electrons. The molecule has 0 bridgehead atoms. The first-order valence-electron chi connectivity index (χ1n) is 9.58. The van der Waals surface area contributed by atoms with Gasteiger partial charge in [0.05, 0.1) is 17.3 Å². The van der Waals surface area contributed by atoms with Gasteiger partial charge in [-0.25, -0.2) is 13.4 Å². The minimum absolute atomic E-state index is 0.0373. The molecule has 4 rings (SSSR count). The Morgan fingerprint density at radius 1 is 1.21 bits per heavy atom. The van der Waals surface area contributed by atoms with E-state index in [0.29, 0.717) is 37.0 Å². The summed E-state index contributed by atoms with van der Waals surface area (Å²) in [5, 5.41) is 8.31. The molecule has 1 amide bonds. The minimum atomic E-state index is -2.92. The second-order valence-corrected chi connectivity index (χ2v) is 10.4. The number of hydrogen-bond acceptors (Lipinski definition) is 9. The number of hydrogen-bond donors (Lipinski definition) is 0. The summed E-state index contributed by atoms with van der Waals surface area (Å²) in [6.07, 6.45) is 2.88. The Morgan fingerprint density at radius 2 is 2.03 bits per heavy atom. The van der Waals surface area contributed by atoms with Gasteiger partial charge in [-0.15, -0.1) is 10.2 Å². The maximum Gasteiger partial charge on any atom is 0.277 e. The fourth-order valence-electron chi connectivity index (χ4n) is 3.60. The molecule has 0 unspecified atom stereocenters. The molecular weight excluding hydrogens is 414 g/mol. The lowest BCUT2D eigenvalue weighted by Gasteiger charge is -2.35. The molecule has 29 heavy (non-hydrogen) atoms. The van der Waals surface area contributed by atoms with Crippen molar-refractivity contribution in [1.82, 2.24) is 20.1 Å². The molecule has 0 aromatic carbocycles. The van der Waals surface area contributed by atoms with Crippen molar-refractivity contribution in [3.8, 4) is 0 Å². The highest BCUT2D eigenvalue weighted by atomic mass is 32.2. The molecule has 2 aromatic rings. The number of aromatic nitrogens is 3. The quantitative estimate of drug-likeness (QED) is 0.608. The average molecular weight is 438 g/mol. The van der Waals surface area contributed by atoms with E-state index in [9.17, 15) is 13.2 Å². The number of amides is 1. The van der Waals surface area contributed by atoms with Crippen LogP contribution in [0.25, 0.3) is 0 Å². The third-order valence-electron chi connectivity index (χ3n) is 5.16. The van der Waals surface area contributed by atoms with Crippen LogP contribution in [0.2, 0.25) is 0 Å². The smallest absolute Gasteiger partial charge is 0.277 e. The summed E-state index contributed by atoms with van der Waals surface area (Å²) in [4.78, 5) is 20.8. The molecule has 2 saturated heterocycles. The van der Waals surface area contributed by atoms with Crippen LogP contribution < -0.4 is 4.90 Å². The Labute approximate surface area is 173 Å². The second kappa shape index (κ2) is 8.70. The van der Waals surface area contributed by atoms with Crippen LogP contribution in [0, 0.1) is 5.92 Å². The van der Waals surface area contributed by atoms with Gasteiger partial charge in [-0.2, -0.15) is 0 Å². The van der Waals surface area contributed by atoms with Gasteiger partial charge in [0.25, 0.3) is 5.22 Å². The van der Waals surface area contributed by atoms with Crippen LogP contribution in [0.3, 0.4) is 0 Å². The first-order valence-corrected chi connectivity index (χ1v) is 12.4. The Morgan fingerprint density at radius 3 is 2.72 bits per heavy atom. The number of carbonyl (C=O) groups excluding carboxylic acids is 1. The number of carbonyl (C=O) groups is 1. The van der Waals surface area contributed by atoms with E-state index in [0.717, 1.165) is 18.9 Å². The van der Waals surface area contributed by atoms with Crippen molar-refractivity contribution in [3.63, 3.8) is 0 Å². The van der Waals surface area contributed by atoms with E-state index >= 15 is 0 Å². The van der Waals surface area contributed by atoms with Crippen LogP contribution in [0.5, 0.6) is 0 Å². The highest BCUT2D eigenvalue weighted by molar-refractivity contribution is 7.99. The average Bonchev–Trinajstić information content (AvgIpc) is 3.32. The third kappa shape index (κ3) is 5.27. The van der Waals surface area contributed by atoms with Crippen LogP contribution in [0.1, 0.15) is 12.3 Å². The number of thioether (sulfide) groups is 1. The topological polar surface area (TPSA) is 110 Å². The molecule has 0 N–H and O–H groups in total. The number of anilines is 1. The van der Waals surface area contributed by atoms with Crippen molar-refractivity contribution >= 4 is 33.3 Å². The number of sulfone groups is 1. The Bertz CT molecular complexity index is 942. The van der Waals surface area contributed by atoms with Gasteiger partial charge in [0.15, 0.2) is 9.84 Å². The molecule has 9 nitrogen and oxygen atoms in total. The van der Waals surface area contributed by atoms with Gasteiger partial charge in [0.1, 0.15) is 5.82 Å². The lowest BCUT2D eigenvalue weighted by Crippen LogP contribution is -2.49. The van der Waals surface area contributed by atoms with E-state index in [4.69, 9.17) is 4.42 Å². The number of pyridine rings is 1. The van der Waals surface area contributed by atoms with Crippen molar-refractivity contribution in [2.24, 2.45) is 5.92 Å². The van der Waals surface area contributed by atoms with Gasteiger partial charge < -0.3 is 14.2 Å². The van der Waals surface area contributed by atoms with Crippen LogP contribution in [-0.4, -0.2) is 77.8 Å². The maximum atomic E-state index is 12.5. The van der Waals surface area contributed by atoms with Crippen molar-refractivity contribution in [2.75, 3.05) is 48.3 Å². The molecule has 1 atom stereocenters. The summed E-state index contributed by atoms with van der Waals surface area (Å²) >= 11 is 1.22. The zero-order chi connectivity index (χ0) is 20.3. The van der Waals surface area contributed by atoms with Gasteiger partial charge in [-0.3, -0.25) is 4.79 Å². The monoisotopic (exact) mass is 437 g/mol. The SMILES string of the molecule is O=C(CSc1nnc(C[C@@H]2CCS(=O)(=O)C2)o1)N1CCN(c2ccccn2)CC1. The van der Waals surface area contributed by atoms with Gasteiger partial charge in [-0.05, 0) is 24.5 Å². The highest BCUT2D eigenvalue weighted by Crippen LogP contribution is 2.24. The first kappa shape index (κ1) is 20.1. The number of piperazine rings is 1. The van der Waals surface area contributed by atoms with Crippen LogP contribution in [0.15, 0.2) is 34.0 Å². The van der Waals surface area contributed by atoms with Crippen molar-refractivity contribution in [3.05, 3.63) is 30.3 Å². The molecule has 2 aliphatic rings. The molecule has 4 heterocycles. The lowest BCUT2D eigenvalue weighted by atomic mass is 10.1. The molecule has 11 heteroatoms. The molecule has 0 saturated carbocycles. The molecular formula is C18H23N5O4S2. The van der Waals surface area contributed by atoms with Crippen LogP contribution in [-0.2, 0) is 21.1 Å². The summed E-state index contributed by atoms with van der Waals surface area (Å²) in [6.45, 7) is 2.81. The van der Waals surface area contributed by atoms with E-state index in [1.807, 2.05) is 23.1 Å². The first-order chi connectivity index (χ1) is 14.0. The summed E-state index contributed by atoms with van der Waals surface area (Å²) in [5.41, 5.74) is 0. The molecule has 2 fully saturated rings. The molecule has 156 valence electrons. The van der Waals surface area contributed by atoms with E-state index in [1.54, 1.807) is 6.20 Å². The Balaban J connectivity index is 1.22. The third-order valence-corrected chi connectivity index (χ3v) is 7.80. The van der Waals surface area contributed by atoms with Crippen molar-refractivity contribution in [2.45, 2.75) is 18.1 Å².